The number of hydrogen-bond donors (Lipinski definition) is 2. The van der Waals surface area contributed by atoms with Crippen molar-refractivity contribution in [2.45, 2.75) is 45.6 Å². The molecule has 0 fully saturated rings. The smallest absolute Gasteiger partial charge is 0.220 e. The van der Waals surface area contributed by atoms with E-state index in [2.05, 4.69) is 41.6 Å². The van der Waals surface area contributed by atoms with Gasteiger partial charge < -0.3 is 10.6 Å². The zero-order valence-corrected chi connectivity index (χ0v) is 12.4. The number of carbonyl (C=O) groups excluding carboxylic acids is 1. The Morgan fingerprint density at radius 3 is 2.61 bits per heavy atom. The van der Waals surface area contributed by atoms with E-state index in [0.29, 0.717) is 13.0 Å². The summed E-state index contributed by atoms with van der Waals surface area (Å²) >= 11 is 1.56. The van der Waals surface area contributed by atoms with Gasteiger partial charge in [0, 0.05) is 11.8 Å². The predicted octanol–water partition coefficient (Wildman–Crippen LogP) is 1.45. The molecule has 0 saturated carbocycles. The first-order valence-electron chi connectivity index (χ1n) is 6.17. The average molecular weight is 270 g/mol. The quantitative estimate of drug-likeness (QED) is 0.768. The van der Waals surface area contributed by atoms with E-state index in [1.807, 2.05) is 7.05 Å². The van der Waals surface area contributed by atoms with Crippen LogP contribution in [0.4, 0.5) is 0 Å². The third kappa shape index (κ3) is 5.10. The highest BCUT2D eigenvalue weighted by molar-refractivity contribution is 7.11. The molecule has 0 aliphatic carbocycles. The summed E-state index contributed by atoms with van der Waals surface area (Å²) in [6.07, 6.45) is 1.40. The maximum atomic E-state index is 11.5. The molecule has 2 N–H and O–H groups in total. The molecule has 102 valence electrons. The van der Waals surface area contributed by atoms with E-state index in [0.717, 1.165) is 23.0 Å². The molecule has 1 amide bonds. The van der Waals surface area contributed by atoms with Crippen molar-refractivity contribution in [2.24, 2.45) is 0 Å². The molecule has 0 spiro atoms. The number of hydrogen-bond acceptors (Lipinski definition) is 5. The van der Waals surface area contributed by atoms with Gasteiger partial charge >= 0.3 is 0 Å². The van der Waals surface area contributed by atoms with Gasteiger partial charge in [0.15, 0.2) is 0 Å². The molecule has 0 aromatic carbocycles. The lowest BCUT2D eigenvalue weighted by molar-refractivity contribution is -0.121. The molecule has 0 atom stereocenters. The van der Waals surface area contributed by atoms with Crippen molar-refractivity contribution in [3.05, 3.63) is 10.0 Å². The molecule has 1 aromatic heterocycles. The topological polar surface area (TPSA) is 66.9 Å². The number of rotatable bonds is 6. The Morgan fingerprint density at radius 1 is 1.33 bits per heavy atom. The Bertz CT molecular complexity index is 384. The van der Waals surface area contributed by atoms with Crippen LogP contribution in [0, 0.1) is 0 Å². The molecule has 18 heavy (non-hydrogen) atoms. The second-order valence-electron chi connectivity index (χ2n) is 5.23. The second-order valence-corrected chi connectivity index (χ2v) is 6.30. The van der Waals surface area contributed by atoms with Gasteiger partial charge in [-0.3, -0.25) is 4.79 Å². The molecule has 5 nitrogen and oxygen atoms in total. The second kappa shape index (κ2) is 6.80. The highest BCUT2D eigenvalue weighted by atomic mass is 32.1. The highest BCUT2D eigenvalue weighted by Crippen LogP contribution is 2.25. The molecule has 0 saturated heterocycles. The average Bonchev–Trinajstić information content (AvgIpc) is 2.75. The lowest BCUT2D eigenvalue weighted by Crippen LogP contribution is -2.23. The summed E-state index contributed by atoms with van der Waals surface area (Å²) in [5.41, 5.74) is 0.0206. The van der Waals surface area contributed by atoms with Crippen molar-refractivity contribution < 1.29 is 4.79 Å². The van der Waals surface area contributed by atoms with Gasteiger partial charge in [-0.25, -0.2) is 0 Å². The number of nitrogens with one attached hydrogen (secondary N) is 2. The van der Waals surface area contributed by atoms with Gasteiger partial charge in [-0.15, -0.1) is 10.2 Å². The van der Waals surface area contributed by atoms with Crippen LogP contribution in [-0.4, -0.2) is 29.7 Å². The Hall–Kier alpha value is -1.01. The van der Waals surface area contributed by atoms with Crippen LogP contribution in [0.25, 0.3) is 0 Å². The maximum Gasteiger partial charge on any atom is 0.220 e. The fourth-order valence-corrected chi connectivity index (χ4v) is 2.15. The van der Waals surface area contributed by atoms with E-state index >= 15 is 0 Å². The summed E-state index contributed by atoms with van der Waals surface area (Å²) in [5.74, 6) is 0.0674. The lowest BCUT2D eigenvalue weighted by Gasteiger charge is -2.12. The van der Waals surface area contributed by atoms with E-state index in [-0.39, 0.29) is 11.3 Å². The first-order chi connectivity index (χ1) is 8.43. The minimum absolute atomic E-state index is 0.0206. The molecule has 0 bridgehead atoms. The van der Waals surface area contributed by atoms with Crippen LogP contribution in [0.3, 0.4) is 0 Å². The molecule has 0 unspecified atom stereocenters. The van der Waals surface area contributed by atoms with Gasteiger partial charge in [-0.05, 0) is 20.0 Å². The summed E-state index contributed by atoms with van der Waals surface area (Å²) in [6, 6.07) is 0. The molecular weight excluding hydrogens is 248 g/mol. The van der Waals surface area contributed by atoms with Gasteiger partial charge in [-0.1, -0.05) is 32.1 Å². The van der Waals surface area contributed by atoms with Crippen LogP contribution >= 0.6 is 11.3 Å². The fraction of sp³-hybridized carbons (Fsp3) is 0.750. The van der Waals surface area contributed by atoms with Crippen molar-refractivity contribution in [3.8, 4) is 0 Å². The van der Waals surface area contributed by atoms with Gasteiger partial charge in [-0.2, -0.15) is 0 Å². The maximum absolute atomic E-state index is 11.5. The Morgan fingerprint density at radius 2 is 2.06 bits per heavy atom. The molecule has 1 heterocycles. The number of amides is 1. The SMILES string of the molecule is CNCCCC(=O)NCc1nnc(C(C)(C)C)s1. The molecule has 1 aromatic rings. The number of aromatic nitrogens is 2. The summed E-state index contributed by atoms with van der Waals surface area (Å²) in [7, 11) is 1.88. The normalized spacial score (nSPS) is 11.6. The van der Waals surface area contributed by atoms with Crippen LogP contribution in [-0.2, 0) is 16.8 Å². The molecule has 0 radical (unpaired) electrons. The summed E-state index contributed by atoms with van der Waals surface area (Å²) in [5, 5.41) is 16.0. The largest absolute Gasteiger partial charge is 0.350 e. The van der Waals surface area contributed by atoms with E-state index in [1.54, 1.807) is 11.3 Å². The molecule has 0 aliphatic heterocycles. The van der Waals surface area contributed by atoms with Crippen molar-refractivity contribution in [1.29, 1.82) is 0 Å². The van der Waals surface area contributed by atoms with Gasteiger partial charge in [0.05, 0.1) is 6.54 Å². The monoisotopic (exact) mass is 270 g/mol. The Kier molecular flexibility index (Phi) is 5.68. The van der Waals surface area contributed by atoms with Crippen LogP contribution < -0.4 is 10.6 Å². The van der Waals surface area contributed by atoms with Crippen molar-refractivity contribution >= 4 is 17.2 Å². The van der Waals surface area contributed by atoms with Crippen molar-refractivity contribution in [3.63, 3.8) is 0 Å². The van der Waals surface area contributed by atoms with Gasteiger partial charge in [0.1, 0.15) is 10.0 Å². The molecule has 6 heteroatoms. The van der Waals surface area contributed by atoms with Gasteiger partial charge in [0.2, 0.25) is 5.91 Å². The Labute approximate surface area is 112 Å². The standard InChI is InChI=1S/C12H22N4OS/c1-12(2,3)11-16-15-10(18-11)8-14-9(17)6-5-7-13-4/h13H,5-8H2,1-4H3,(H,14,17). The zero-order valence-electron chi connectivity index (χ0n) is 11.5. The zero-order chi connectivity index (χ0) is 13.6. The predicted molar refractivity (Wildman–Crippen MR) is 73.6 cm³/mol. The van der Waals surface area contributed by atoms with Crippen LogP contribution in [0.15, 0.2) is 0 Å². The van der Waals surface area contributed by atoms with E-state index in [1.165, 1.54) is 0 Å². The van der Waals surface area contributed by atoms with E-state index in [9.17, 15) is 4.79 Å². The summed E-state index contributed by atoms with van der Waals surface area (Å²) < 4.78 is 0. The van der Waals surface area contributed by atoms with Crippen LogP contribution in [0.2, 0.25) is 0 Å². The molecule has 1 rings (SSSR count). The van der Waals surface area contributed by atoms with Gasteiger partial charge in [0.25, 0.3) is 0 Å². The summed E-state index contributed by atoms with van der Waals surface area (Å²) in [4.78, 5) is 11.5. The highest BCUT2D eigenvalue weighted by Gasteiger charge is 2.19. The van der Waals surface area contributed by atoms with Crippen molar-refractivity contribution in [1.82, 2.24) is 20.8 Å². The lowest BCUT2D eigenvalue weighted by atomic mass is 9.98. The number of nitrogens with zero attached hydrogens (tertiary/aromatic N) is 2. The van der Waals surface area contributed by atoms with Crippen LogP contribution in [0.5, 0.6) is 0 Å². The fourth-order valence-electron chi connectivity index (χ4n) is 1.32. The first kappa shape index (κ1) is 15.0. The summed E-state index contributed by atoms with van der Waals surface area (Å²) in [6.45, 7) is 7.65. The third-order valence-electron chi connectivity index (χ3n) is 2.38. The third-order valence-corrected chi connectivity index (χ3v) is 3.72. The van der Waals surface area contributed by atoms with Crippen LogP contribution in [0.1, 0.15) is 43.6 Å². The van der Waals surface area contributed by atoms with E-state index in [4.69, 9.17) is 0 Å². The van der Waals surface area contributed by atoms with E-state index < -0.39 is 0 Å². The Balaban J connectivity index is 2.35. The first-order valence-corrected chi connectivity index (χ1v) is 6.99. The molecular formula is C12H22N4OS. The number of carbonyl (C=O) groups is 1. The minimum Gasteiger partial charge on any atom is -0.350 e. The minimum atomic E-state index is 0.0206. The van der Waals surface area contributed by atoms with Crippen molar-refractivity contribution in [2.75, 3.05) is 13.6 Å². The molecule has 0 aliphatic rings.